The van der Waals surface area contributed by atoms with E-state index in [4.69, 9.17) is 18.9 Å². The first kappa shape index (κ1) is 32.2. The van der Waals surface area contributed by atoms with Crippen LogP contribution in [-0.2, 0) is 31.8 Å². The number of benzene rings is 2. The maximum Gasteiger partial charge on any atom is 0.338 e. The number of esters is 2. The number of carbonyl (C=O) groups excluding carboxylic acids is 2. The second-order valence-corrected chi connectivity index (χ2v) is 11.3. The average molecular weight is 595 g/mol. The summed E-state index contributed by atoms with van der Waals surface area (Å²) in [6.45, 7) is 9.91. The predicted octanol–water partition coefficient (Wildman–Crippen LogP) is 6.72. The molecule has 1 aliphatic heterocycles. The fourth-order valence-corrected chi connectivity index (χ4v) is 5.35. The Bertz CT molecular complexity index is 1330. The standard InChI is InChI=1S/C34H43FN2O6/c1-6-27-29(35)22(5)31(42-33(39)25-13-9-8-10-14-25)34(41-27)43-32-26(30(21(3)4)36-37-32)20-24-18-16-23(17-19-24)12-11-15-28(38)40-7-2/h8-10,13-14,16-19,21-22,27,29,31,34H,6-7,11-12,15,20H2,1-5H3,(H,36,37)/t22-,27+,29-,31+,34-/m0/s1. The third-order valence-corrected chi connectivity index (χ3v) is 7.83. The van der Waals surface area contributed by atoms with Crippen LogP contribution in [0.15, 0.2) is 54.6 Å². The lowest BCUT2D eigenvalue weighted by molar-refractivity contribution is -0.243. The summed E-state index contributed by atoms with van der Waals surface area (Å²) in [6.07, 6.45) is -1.14. The molecule has 0 radical (unpaired) electrons. The molecule has 4 rings (SSSR count). The van der Waals surface area contributed by atoms with Gasteiger partial charge in [0.25, 0.3) is 0 Å². The molecule has 0 saturated carbocycles. The Balaban J connectivity index is 1.52. The molecule has 0 bridgehead atoms. The van der Waals surface area contributed by atoms with Gasteiger partial charge in [0.2, 0.25) is 12.2 Å². The van der Waals surface area contributed by atoms with Gasteiger partial charge in [-0.15, -0.1) is 5.10 Å². The lowest BCUT2D eigenvalue weighted by Crippen LogP contribution is -2.55. The Kier molecular flexibility index (Phi) is 11.3. The number of H-pyrrole nitrogens is 1. The summed E-state index contributed by atoms with van der Waals surface area (Å²) >= 11 is 0. The minimum absolute atomic E-state index is 0.138. The molecule has 2 aromatic carbocycles. The van der Waals surface area contributed by atoms with Gasteiger partial charge in [0.1, 0.15) is 6.17 Å². The normalized spacial score (nSPS) is 21.9. The highest BCUT2D eigenvalue weighted by atomic mass is 19.1. The highest BCUT2D eigenvalue weighted by Crippen LogP contribution is 2.36. The van der Waals surface area contributed by atoms with Crippen molar-refractivity contribution in [3.8, 4) is 5.88 Å². The largest absolute Gasteiger partial charge is 0.466 e. The third kappa shape index (κ3) is 8.22. The summed E-state index contributed by atoms with van der Waals surface area (Å²) in [5, 5.41) is 7.59. The van der Waals surface area contributed by atoms with E-state index in [0.717, 1.165) is 35.2 Å². The number of hydrogen-bond acceptors (Lipinski definition) is 7. The van der Waals surface area contributed by atoms with Crippen molar-refractivity contribution >= 4 is 11.9 Å². The maximum atomic E-state index is 15.3. The minimum atomic E-state index is -1.32. The van der Waals surface area contributed by atoms with Gasteiger partial charge >= 0.3 is 11.9 Å². The molecule has 0 spiro atoms. The molecule has 0 amide bonds. The van der Waals surface area contributed by atoms with E-state index in [-0.39, 0.29) is 11.9 Å². The number of halogens is 1. The van der Waals surface area contributed by atoms with E-state index in [1.807, 2.05) is 13.0 Å². The Morgan fingerprint density at radius 3 is 2.40 bits per heavy atom. The topological polar surface area (TPSA) is 99.7 Å². The van der Waals surface area contributed by atoms with Crippen molar-refractivity contribution < 1.29 is 32.9 Å². The van der Waals surface area contributed by atoms with Crippen molar-refractivity contribution in [2.24, 2.45) is 5.92 Å². The second-order valence-electron chi connectivity index (χ2n) is 11.3. The number of aromatic amines is 1. The Morgan fingerprint density at radius 1 is 1.05 bits per heavy atom. The van der Waals surface area contributed by atoms with Crippen LogP contribution in [0.4, 0.5) is 4.39 Å². The molecule has 1 saturated heterocycles. The van der Waals surface area contributed by atoms with Crippen molar-refractivity contribution in [3.05, 3.63) is 82.5 Å². The van der Waals surface area contributed by atoms with E-state index >= 15 is 4.39 Å². The number of ether oxygens (including phenoxy) is 4. The first-order chi connectivity index (χ1) is 20.7. The summed E-state index contributed by atoms with van der Waals surface area (Å²) in [4.78, 5) is 24.6. The van der Waals surface area contributed by atoms with E-state index in [1.54, 1.807) is 38.1 Å². The molecule has 0 unspecified atom stereocenters. The van der Waals surface area contributed by atoms with Crippen LogP contribution in [0.2, 0.25) is 0 Å². The maximum absolute atomic E-state index is 15.3. The van der Waals surface area contributed by atoms with Crippen LogP contribution < -0.4 is 4.74 Å². The van der Waals surface area contributed by atoms with Crippen LogP contribution in [0.25, 0.3) is 0 Å². The molecule has 1 aromatic heterocycles. The number of hydrogen-bond donors (Lipinski definition) is 1. The number of carbonyl (C=O) groups is 2. The minimum Gasteiger partial charge on any atom is -0.466 e. The molecule has 9 heteroatoms. The van der Waals surface area contributed by atoms with E-state index in [1.165, 1.54) is 0 Å². The SMILES string of the molecule is CCOC(=O)CCCc1ccc(Cc2c(O[C@@H]3O[C@H](CC)[C@@H](F)[C@H](C)[C@H]3OC(=O)c3ccccc3)n[nH]c2C(C)C)cc1. The van der Waals surface area contributed by atoms with Crippen molar-refractivity contribution in [1.82, 2.24) is 10.2 Å². The molecular formula is C34H43FN2O6. The summed E-state index contributed by atoms with van der Waals surface area (Å²) in [7, 11) is 0. The lowest BCUT2D eigenvalue weighted by atomic mass is 9.90. The summed E-state index contributed by atoms with van der Waals surface area (Å²) in [6, 6.07) is 16.9. The monoisotopic (exact) mass is 594 g/mol. The van der Waals surface area contributed by atoms with Crippen LogP contribution in [0.3, 0.4) is 0 Å². The summed E-state index contributed by atoms with van der Waals surface area (Å²) in [5.41, 5.74) is 4.35. The smallest absolute Gasteiger partial charge is 0.338 e. The number of aromatic nitrogens is 2. The molecule has 1 fully saturated rings. The number of alkyl halides is 1. The number of nitrogens with zero attached hydrogens (tertiary/aromatic N) is 1. The van der Waals surface area contributed by atoms with Crippen LogP contribution >= 0.6 is 0 Å². The van der Waals surface area contributed by atoms with Crippen molar-refractivity contribution in [3.63, 3.8) is 0 Å². The van der Waals surface area contributed by atoms with Crippen LogP contribution in [0, 0.1) is 5.92 Å². The Labute approximate surface area is 253 Å². The van der Waals surface area contributed by atoms with Gasteiger partial charge in [-0.1, -0.05) is 70.2 Å². The molecule has 1 N–H and O–H groups in total. The van der Waals surface area contributed by atoms with E-state index in [0.29, 0.717) is 37.3 Å². The van der Waals surface area contributed by atoms with Gasteiger partial charge in [-0.2, -0.15) is 0 Å². The molecule has 8 nitrogen and oxygen atoms in total. The van der Waals surface area contributed by atoms with E-state index in [9.17, 15) is 9.59 Å². The first-order valence-corrected chi connectivity index (χ1v) is 15.2. The van der Waals surface area contributed by atoms with Gasteiger partial charge in [0.15, 0.2) is 6.10 Å². The molecule has 0 aliphatic carbocycles. The molecule has 5 atom stereocenters. The van der Waals surface area contributed by atoms with Crippen LogP contribution in [0.1, 0.15) is 92.5 Å². The Morgan fingerprint density at radius 2 is 1.74 bits per heavy atom. The van der Waals surface area contributed by atoms with Gasteiger partial charge in [-0.05, 0) is 55.4 Å². The zero-order chi connectivity index (χ0) is 30.9. The Hall–Kier alpha value is -3.72. The summed E-state index contributed by atoms with van der Waals surface area (Å²) < 4.78 is 38.6. The highest BCUT2D eigenvalue weighted by Gasteiger charge is 2.47. The van der Waals surface area contributed by atoms with E-state index in [2.05, 4.69) is 48.3 Å². The molecular weight excluding hydrogens is 551 g/mol. The molecule has 2 heterocycles. The molecule has 232 valence electrons. The van der Waals surface area contributed by atoms with Crippen molar-refractivity contribution in [2.75, 3.05) is 6.61 Å². The number of aryl methyl sites for hydroxylation is 1. The predicted molar refractivity (Wildman–Crippen MR) is 161 cm³/mol. The van der Waals surface area contributed by atoms with Gasteiger partial charge in [0.05, 0.1) is 18.3 Å². The van der Waals surface area contributed by atoms with Gasteiger partial charge in [-0.3, -0.25) is 9.89 Å². The fraction of sp³-hybridized carbons (Fsp3) is 0.500. The average Bonchev–Trinajstić information content (AvgIpc) is 3.40. The van der Waals surface area contributed by atoms with Crippen LogP contribution in [0.5, 0.6) is 5.88 Å². The summed E-state index contributed by atoms with van der Waals surface area (Å²) in [5.74, 6) is -0.914. The van der Waals surface area contributed by atoms with Crippen LogP contribution in [-0.4, -0.2) is 53.4 Å². The second kappa shape index (κ2) is 15.1. The van der Waals surface area contributed by atoms with Gasteiger partial charge in [0, 0.05) is 30.0 Å². The highest BCUT2D eigenvalue weighted by molar-refractivity contribution is 5.89. The van der Waals surface area contributed by atoms with E-state index < -0.39 is 36.6 Å². The fourth-order valence-electron chi connectivity index (χ4n) is 5.35. The van der Waals surface area contributed by atoms with Crippen molar-refractivity contribution in [2.45, 2.75) is 97.3 Å². The third-order valence-electron chi connectivity index (χ3n) is 7.83. The first-order valence-electron chi connectivity index (χ1n) is 15.2. The van der Waals surface area contributed by atoms with Gasteiger partial charge in [-0.25, -0.2) is 9.18 Å². The quantitative estimate of drug-likeness (QED) is 0.219. The number of nitrogens with one attached hydrogen (secondary N) is 1. The van der Waals surface area contributed by atoms with Gasteiger partial charge < -0.3 is 18.9 Å². The van der Waals surface area contributed by atoms with Crippen molar-refractivity contribution in [1.29, 1.82) is 0 Å². The zero-order valence-corrected chi connectivity index (χ0v) is 25.7. The molecule has 3 aromatic rings. The zero-order valence-electron chi connectivity index (χ0n) is 25.7. The molecule has 43 heavy (non-hydrogen) atoms. The molecule has 1 aliphatic rings. The number of rotatable bonds is 13. The lowest BCUT2D eigenvalue weighted by Gasteiger charge is -2.41.